The molecule has 1 aromatic rings. The molecule has 0 spiro atoms. The van der Waals surface area contributed by atoms with Crippen molar-refractivity contribution in [2.45, 2.75) is 45.6 Å². The van der Waals surface area contributed by atoms with Gasteiger partial charge in [0.05, 0.1) is 0 Å². The number of aryl methyl sites for hydroxylation is 2. The van der Waals surface area contributed by atoms with Gasteiger partial charge in [-0.05, 0) is 37.1 Å². The average molecular weight is 273 g/mol. The fraction of sp³-hybridized carbons (Fsp3) is 0.571. The van der Waals surface area contributed by atoms with Crippen LogP contribution in [0.3, 0.4) is 0 Å². The summed E-state index contributed by atoms with van der Waals surface area (Å²) in [6.45, 7) is 8.29. The minimum atomic E-state index is 0.0446. The highest BCUT2D eigenvalue weighted by atomic mass is 35.5. The number of hydrogen-bond acceptors (Lipinski definition) is 1. The Morgan fingerprint density at radius 1 is 1.24 bits per heavy atom. The molecule has 2 rings (SSSR count). The number of alkyl halides is 1. The first-order valence-electron chi connectivity index (χ1n) is 5.90. The maximum atomic E-state index is 6.19. The van der Waals surface area contributed by atoms with Gasteiger partial charge in [0.1, 0.15) is 11.9 Å². The van der Waals surface area contributed by atoms with Gasteiger partial charge in [0.25, 0.3) is 0 Å². The van der Waals surface area contributed by atoms with Gasteiger partial charge in [0.15, 0.2) is 0 Å². The van der Waals surface area contributed by atoms with E-state index in [9.17, 15) is 0 Å². The molecule has 3 heteroatoms. The van der Waals surface area contributed by atoms with E-state index in [1.54, 1.807) is 0 Å². The van der Waals surface area contributed by atoms with Gasteiger partial charge in [-0.3, -0.25) is 0 Å². The second kappa shape index (κ2) is 4.37. The molecule has 0 saturated heterocycles. The van der Waals surface area contributed by atoms with Crippen LogP contribution in [0.5, 0.6) is 5.75 Å². The summed E-state index contributed by atoms with van der Waals surface area (Å²) >= 11 is 12.3. The van der Waals surface area contributed by atoms with E-state index in [4.69, 9.17) is 27.9 Å². The molecule has 17 heavy (non-hydrogen) atoms. The van der Waals surface area contributed by atoms with Gasteiger partial charge >= 0.3 is 0 Å². The molecule has 1 fully saturated rings. The largest absolute Gasteiger partial charge is 0.490 e. The number of rotatable bonds is 2. The Labute approximate surface area is 113 Å². The molecular formula is C14H18Cl2O. The molecule has 2 atom stereocenters. The fourth-order valence-electron chi connectivity index (χ4n) is 2.18. The molecule has 1 aliphatic carbocycles. The van der Waals surface area contributed by atoms with Crippen molar-refractivity contribution in [3.63, 3.8) is 0 Å². The molecule has 1 aliphatic rings. The van der Waals surface area contributed by atoms with Crippen molar-refractivity contribution in [3.8, 4) is 5.75 Å². The van der Waals surface area contributed by atoms with Crippen LogP contribution in [0.4, 0.5) is 0 Å². The van der Waals surface area contributed by atoms with Crippen molar-refractivity contribution in [1.82, 2.24) is 0 Å². The summed E-state index contributed by atoms with van der Waals surface area (Å²) in [7, 11) is 0. The zero-order valence-electron chi connectivity index (χ0n) is 10.7. The predicted molar refractivity (Wildman–Crippen MR) is 73.4 cm³/mol. The molecule has 0 amide bonds. The summed E-state index contributed by atoms with van der Waals surface area (Å²) in [4.78, 5) is 0. The molecule has 0 radical (unpaired) electrons. The first-order valence-corrected chi connectivity index (χ1v) is 6.71. The van der Waals surface area contributed by atoms with E-state index in [2.05, 4.69) is 13.8 Å². The van der Waals surface area contributed by atoms with E-state index in [0.29, 0.717) is 0 Å². The van der Waals surface area contributed by atoms with E-state index in [1.807, 2.05) is 26.0 Å². The van der Waals surface area contributed by atoms with Crippen LogP contribution >= 0.6 is 23.2 Å². The highest BCUT2D eigenvalue weighted by Gasteiger charge is 2.49. The average Bonchev–Trinajstić information content (AvgIpc) is 2.25. The molecular weight excluding hydrogens is 255 g/mol. The molecule has 94 valence electrons. The third-order valence-corrected chi connectivity index (χ3v) is 5.08. The zero-order chi connectivity index (χ0) is 12.8. The van der Waals surface area contributed by atoms with E-state index in [-0.39, 0.29) is 16.9 Å². The minimum Gasteiger partial charge on any atom is -0.490 e. The van der Waals surface area contributed by atoms with Gasteiger partial charge in [-0.1, -0.05) is 25.4 Å². The summed E-state index contributed by atoms with van der Waals surface area (Å²) in [6.07, 6.45) is 1.11. The normalized spacial score (nSPS) is 26.5. The second-order valence-corrected chi connectivity index (χ2v) is 6.41. The lowest BCUT2D eigenvalue weighted by molar-refractivity contribution is -0.0130. The molecule has 0 bridgehead atoms. The van der Waals surface area contributed by atoms with Crippen molar-refractivity contribution in [1.29, 1.82) is 0 Å². The van der Waals surface area contributed by atoms with Crippen LogP contribution in [0, 0.1) is 19.3 Å². The van der Waals surface area contributed by atoms with E-state index in [0.717, 1.165) is 28.3 Å². The van der Waals surface area contributed by atoms with Crippen LogP contribution in [0.15, 0.2) is 12.1 Å². The van der Waals surface area contributed by atoms with Gasteiger partial charge in [0.2, 0.25) is 0 Å². The van der Waals surface area contributed by atoms with Gasteiger partial charge < -0.3 is 4.74 Å². The number of ether oxygens (including phenoxy) is 1. The molecule has 1 aromatic carbocycles. The summed E-state index contributed by atoms with van der Waals surface area (Å²) in [5, 5.41) is 1.03. The standard InChI is InChI=1S/C14H18Cl2O/c1-8-5-10(6-9(2)13(8)16)17-12-7-11(15)14(12,3)4/h5-6,11-12H,7H2,1-4H3. The zero-order valence-corrected chi connectivity index (χ0v) is 12.2. The summed E-state index contributed by atoms with van der Waals surface area (Å²) in [5.41, 5.74) is 2.16. The number of halogens is 2. The van der Waals surface area contributed by atoms with Crippen LogP contribution in [-0.2, 0) is 0 Å². The highest BCUT2D eigenvalue weighted by Crippen LogP contribution is 2.46. The smallest absolute Gasteiger partial charge is 0.120 e. The molecule has 0 heterocycles. The minimum absolute atomic E-state index is 0.0446. The number of hydrogen-bond donors (Lipinski definition) is 0. The summed E-state index contributed by atoms with van der Waals surface area (Å²) < 4.78 is 6.01. The maximum absolute atomic E-state index is 6.19. The van der Waals surface area contributed by atoms with Crippen LogP contribution in [-0.4, -0.2) is 11.5 Å². The Morgan fingerprint density at radius 3 is 2.18 bits per heavy atom. The molecule has 2 unspecified atom stereocenters. The second-order valence-electron chi connectivity index (χ2n) is 5.50. The van der Waals surface area contributed by atoms with E-state index >= 15 is 0 Å². The topological polar surface area (TPSA) is 9.23 Å². The van der Waals surface area contributed by atoms with E-state index < -0.39 is 0 Å². The van der Waals surface area contributed by atoms with Gasteiger partial charge in [-0.25, -0.2) is 0 Å². The first-order chi connectivity index (χ1) is 7.82. The molecule has 0 aliphatic heterocycles. The SMILES string of the molecule is Cc1cc(OC2CC(Cl)C2(C)C)cc(C)c1Cl. The third kappa shape index (κ3) is 2.28. The summed E-state index contributed by atoms with van der Waals surface area (Å²) in [6, 6.07) is 3.99. The highest BCUT2D eigenvalue weighted by molar-refractivity contribution is 6.32. The maximum Gasteiger partial charge on any atom is 0.120 e. The van der Waals surface area contributed by atoms with Gasteiger partial charge in [0, 0.05) is 22.2 Å². The monoisotopic (exact) mass is 272 g/mol. The Hall–Kier alpha value is -0.400. The lowest BCUT2D eigenvalue weighted by atomic mass is 9.68. The Kier molecular flexibility index (Phi) is 3.35. The van der Waals surface area contributed by atoms with Crippen LogP contribution in [0.2, 0.25) is 5.02 Å². The third-order valence-electron chi connectivity index (χ3n) is 3.75. The number of benzene rings is 1. The Morgan fingerprint density at radius 2 is 1.76 bits per heavy atom. The van der Waals surface area contributed by atoms with Crippen LogP contribution < -0.4 is 4.74 Å². The van der Waals surface area contributed by atoms with Crippen molar-refractivity contribution < 1.29 is 4.74 Å². The summed E-state index contributed by atoms with van der Waals surface area (Å²) in [5.74, 6) is 0.894. The van der Waals surface area contributed by atoms with Crippen molar-refractivity contribution in [2.24, 2.45) is 5.41 Å². The van der Waals surface area contributed by atoms with Crippen LogP contribution in [0.25, 0.3) is 0 Å². The first kappa shape index (κ1) is 13.0. The van der Waals surface area contributed by atoms with E-state index in [1.165, 1.54) is 0 Å². The Balaban J connectivity index is 2.16. The van der Waals surface area contributed by atoms with Crippen molar-refractivity contribution >= 4 is 23.2 Å². The van der Waals surface area contributed by atoms with Crippen molar-refractivity contribution in [2.75, 3.05) is 0 Å². The predicted octanol–water partition coefficient (Wildman–Crippen LogP) is 4.74. The lowest BCUT2D eigenvalue weighted by Gasteiger charge is -2.48. The lowest BCUT2D eigenvalue weighted by Crippen LogP contribution is -2.53. The van der Waals surface area contributed by atoms with Gasteiger partial charge in [-0.15, -0.1) is 11.6 Å². The molecule has 1 saturated carbocycles. The molecule has 1 nitrogen and oxygen atoms in total. The Bertz CT molecular complexity index is 417. The molecule has 0 N–H and O–H groups in total. The molecule has 0 aromatic heterocycles. The quantitative estimate of drug-likeness (QED) is 0.707. The van der Waals surface area contributed by atoms with Crippen LogP contribution in [0.1, 0.15) is 31.4 Å². The van der Waals surface area contributed by atoms with Crippen molar-refractivity contribution in [3.05, 3.63) is 28.3 Å². The van der Waals surface area contributed by atoms with Gasteiger partial charge in [-0.2, -0.15) is 0 Å². The fourth-order valence-corrected chi connectivity index (χ4v) is 2.59.